The molecule has 1 aliphatic heterocycles. The molecule has 0 aliphatic carbocycles. The molecule has 1 atom stereocenters. The summed E-state index contributed by atoms with van der Waals surface area (Å²) in [6, 6.07) is 5.06. The molecule has 1 N–H and O–H groups in total. The summed E-state index contributed by atoms with van der Waals surface area (Å²) in [4.78, 5) is 12.2. The van der Waals surface area contributed by atoms with Crippen LogP contribution in [0.3, 0.4) is 0 Å². The molecule has 0 radical (unpaired) electrons. The lowest BCUT2D eigenvalue weighted by Crippen LogP contribution is -2.35. The molecule has 1 heterocycles. The van der Waals surface area contributed by atoms with Gasteiger partial charge in [0.05, 0.1) is 7.11 Å². The molecule has 1 saturated heterocycles. The number of hydrogen-bond donors (Lipinski definition) is 1. The second-order valence-electron chi connectivity index (χ2n) is 6.91. The van der Waals surface area contributed by atoms with Gasteiger partial charge < -0.3 is 10.1 Å². The van der Waals surface area contributed by atoms with E-state index in [2.05, 4.69) is 12.2 Å². The molecule has 1 aromatic rings. The van der Waals surface area contributed by atoms with Crippen molar-refractivity contribution in [2.75, 3.05) is 20.2 Å². The summed E-state index contributed by atoms with van der Waals surface area (Å²) in [5, 5.41) is 2.89. The highest BCUT2D eigenvalue weighted by atomic mass is 32.2. The van der Waals surface area contributed by atoms with Crippen molar-refractivity contribution in [2.45, 2.75) is 56.9 Å². The second-order valence-corrected chi connectivity index (χ2v) is 8.81. The summed E-state index contributed by atoms with van der Waals surface area (Å²) < 4.78 is 32.8. The minimum atomic E-state index is -3.62. The Bertz CT molecular complexity index is 768. The molecule has 0 aromatic heterocycles. The highest BCUT2D eigenvalue weighted by Crippen LogP contribution is 2.29. The average molecular weight is 395 g/mol. The number of methoxy groups -OCH3 is 1. The quantitative estimate of drug-likeness (QED) is 0.687. The summed E-state index contributed by atoms with van der Waals surface area (Å²) in [7, 11) is -2.16. The largest absolute Gasteiger partial charge is 0.495 e. The van der Waals surface area contributed by atoms with E-state index in [-0.39, 0.29) is 16.8 Å². The van der Waals surface area contributed by atoms with Gasteiger partial charge in [0.2, 0.25) is 15.9 Å². The fraction of sp³-hybridized carbons (Fsp3) is 0.550. The van der Waals surface area contributed by atoms with Crippen molar-refractivity contribution in [1.29, 1.82) is 0 Å². The molecular weight excluding hydrogens is 364 g/mol. The highest BCUT2D eigenvalue weighted by molar-refractivity contribution is 7.89. The van der Waals surface area contributed by atoms with Crippen molar-refractivity contribution in [3.63, 3.8) is 0 Å². The van der Waals surface area contributed by atoms with Crippen LogP contribution in [0.1, 0.15) is 51.5 Å². The van der Waals surface area contributed by atoms with Crippen molar-refractivity contribution < 1.29 is 17.9 Å². The van der Waals surface area contributed by atoms with Gasteiger partial charge in [-0.15, -0.1) is 0 Å². The van der Waals surface area contributed by atoms with Gasteiger partial charge in [0.25, 0.3) is 0 Å². The number of piperidine rings is 1. The molecule has 7 heteroatoms. The third kappa shape index (κ3) is 5.81. The Morgan fingerprint density at radius 3 is 2.63 bits per heavy atom. The predicted molar refractivity (Wildman–Crippen MR) is 107 cm³/mol. The van der Waals surface area contributed by atoms with Crippen LogP contribution in [0.25, 0.3) is 6.08 Å². The van der Waals surface area contributed by atoms with Crippen LogP contribution in [-0.4, -0.2) is 44.9 Å². The zero-order chi connectivity index (χ0) is 19.9. The average Bonchev–Trinajstić information content (AvgIpc) is 2.67. The first-order valence-electron chi connectivity index (χ1n) is 9.55. The Morgan fingerprint density at radius 2 is 2.00 bits per heavy atom. The highest BCUT2D eigenvalue weighted by Gasteiger charge is 2.28. The molecule has 1 amide bonds. The number of rotatable bonds is 8. The molecule has 0 spiro atoms. The number of sulfonamides is 1. The fourth-order valence-electron chi connectivity index (χ4n) is 3.21. The molecule has 2 rings (SSSR count). The minimum absolute atomic E-state index is 0.109. The van der Waals surface area contributed by atoms with E-state index in [9.17, 15) is 13.2 Å². The zero-order valence-electron chi connectivity index (χ0n) is 16.4. The number of carbonyl (C=O) groups excluding carboxylic acids is 1. The molecular formula is C20H30N2O4S. The standard InChI is InChI=1S/C20H30N2O4S/c1-4-8-16(2)21-20(23)12-10-17-9-11-18(26-3)19(15-17)27(24,25)22-13-6-5-7-14-22/h9-12,15-16H,4-8,13-14H2,1-3H3,(H,21,23)/b12-10+/t16-/m1/s1. The Labute approximate surface area is 162 Å². The molecule has 27 heavy (non-hydrogen) atoms. The van der Waals surface area contributed by atoms with E-state index in [4.69, 9.17) is 4.74 Å². The maximum atomic E-state index is 13.0. The topological polar surface area (TPSA) is 75.7 Å². The fourth-order valence-corrected chi connectivity index (χ4v) is 4.92. The molecule has 6 nitrogen and oxygen atoms in total. The van der Waals surface area contributed by atoms with E-state index in [0.717, 1.165) is 32.1 Å². The smallest absolute Gasteiger partial charge is 0.246 e. The van der Waals surface area contributed by atoms with Crippen LogP contribution < -0.4 is 10.1 Å². The first-order valence-corrected chi connectivity index (χ1v) is 11.0. The minimum Gasteiger partial charge on any atom is -0.495 e. The Kier molecular flexibility index (Phi) is 7.86. The normalized spacial score (nSPS) is 17.0. The van der Waals surface area contributed by atoms with E-state index >= 15 is 0 Å². The van der Waals surface area contributed by atoms with Crippen LogP contribution in [0.4, 0.5) is 0 Å². The third-order valence-electron chi connectivity index (χ3n) is 4.66. The molecule has 0 bridgehead atoms. The van der Waals surface area contributed by atoms with Crippen LogP contribution >= 0.6 is 0 Å². The zero-order valence-corrected chi connectivity index (χ0v) is 17.2. The van der Waals surface area contributed by atoms with Crippen molar-refractivity contribution >= 4 is 22.0 Å². The maximum Gasteiger partial charge on any atom is 0.246 e. The third-order valence-corrected chi connectivity index (χ3v) is 6.58. The summed E-state index contributed by atoms with van der Waals surface area (Å²) in [5.74, 6) is 0.131. The first-order chi connectivity index (χ1) is 12.9. The lowest BCUT2D eigenvalue weighted by atomic mass is 10.2. The van der Waals surface area contributed by atoms with Crippen molar-refractivity contribution in [3.8, 4) is 5.75 Å². The summed E-state index contributed by atoms with van der Waals surface area (Å²) in [6.45, 7) is 5.10. The summed E-state index contributed by atoms with van der Waals surface area (Å²) >= 11 is 0. The molecule has 1 aromatic carbocycles. The summed E-state index contributed by atoms with van der Waals surface area (Å²) in [6.07, 6.45) is 7.78. The number of amides is 1. The van der Waals surface area contributed by atoms with E-state index in [1.54, 1.807) is 24.3 Å². The van der Waals surface area contributed by atoms with Crippen LogP contribution in [0.5, 0.6) is 5.75 Å². The van der Waals surface area contributed by atoms with Gasteiger partial charge in [0.15, 0.2) is 0 Å². The van der Waals surface area contributed by atoms with Gasteiger partial charge in [-0.2, -0.15) is 4.31 Å². The Morgan fingerprint density at radius 1 is 1.30 bits per heavy atom. The van der Waals surface area contributed by atoms with Crippen LogP contribution in [0, 0.1) is 0 Å². The number of ether oxygens (including phenoxy) is 1. The number of hydrogen-bond acceptors (Lipinski definition) is 4. The Balaban J connectivity index is 2.22. The predicted octanol–water partition coefficient (Wildman–Crippen LogP) is 3.19. The van der Waals surface area contributed by atoms with Crippen LogP contribution in [-0.2, 0) is 14.8 Å². The van der Waals surface area contributed by atoms with Gasteiger partial charge in [0.1, 0.15) is 10.6 Å². The molecule has 1 fully saturated rings. The van der Waals surface area contributed by atoms with E-state index in [0.29, 0.717) is 24.4 Å². The Hall–Kier alpha value is -1.86. The van der Waals surface area contributed by atoms with Gasteiger partial charge in [-0.25, -0.2) is 8.42 Å². The van der Waals surface area contributed by atoms with Gasteiger partial charge in [-0.1, -0.05) is 25.8 Å². The van der Waals surface area contributed by atoms with Crippen molar-refractivity contribution in [2.24, 2.45) is 0 Å². The van der Waals surface area contributed by atoms with Gasteiger partial charge in [-0.3, -0.25) is 4.79 Å². The van der Waals surface area contributed by atoms with E-state index in [1.807, 2.05) is 6.92 Å². The number of benzene rings is 1. The molecule has 0 unspecified atom stereocenters. The van der Waals surface area contributed by atoms with E-state index in [1.165, 1.54) is 17.5 Å². The van der Waals surface area contributed by atoms with Gasteiger partial charge in [0, 0.05) is 25.2 Å². The molecule has 1 aliphatic rings. The van der Waals surface area contributed by atoms with Crippen LogP contribution in [0.15, 0.2) is 29.2 Å². The molecule has 0 saturated carbocycles. The summed E-state index contributed by atoms with van der Waals surface area (Å²) in [5.41, 5.74) is 0.643. The number of nitrogens with zero attached hydrogens (tertiary/aromatic N) is 1. The number of carbonyl (C=O) groups is 1. The maximum absolute atomic E-state index is 13.0. The van der Waals surface area contributed by atoms with Crippen LogP contribution in [0.2, 0.25) is 0 Å². The SMILES string of the molecule is CCC[C@@H](C)NC(=O)/C=C/c1ccc(OC)c(S(=O)(=O)N2CCCCC2)c1. The van der Waals surface area contributed by atoms with Gasteiger partial charge >= 0.3 is 0 Å². The monoisotopic (exact) mass is 394 g/mol. The van der Waals surface area contributed by atoms with E-state index < -0.39 is 10.0 Å². The molecule has 150 valence electrons. The lowest BCUT2D eigenvalue weighted by molar-refractivity contribution is -0.117. The van der Waals surface area contributed by atoms with Crippen molar-refractivity contribution in [3.05, 3.63) is 29.8 Å². The number of nitrogens with one attached hydrogen (secondary N) is 1. The van der Waals surface area contributed by atoms with Gasteiger partial charge in [-0.05, 0) is 50.0 Å². The first kappa shape index (κ1) is 21.4. The van der Waals surface area contributed by atoms with Crippen molar-refractivity contribution in [1.82, 2.24) is 9.62 Å². The second kappa shape index (κ2) is 9.90. The lowest BCUT2D eigenvalue weighted by Gasteiger charge is -2.26.